The molecule has 5 rings (SSSR count). The number of nitrogens with one attached hydrogen (secondary N) is 2. The van der Waals surface area contributed by atoms with E-state index >= 15 is 0 Å². The number of piperazine rings is 1. The minimum Gasteiger partial charge on any atom is -0.364 e. The molecule has 9 nitrogen and oxygen atoms in total. The van der Waals surface area contributed by atoms with E-state index in [1.165, 1.54) is 4.57 Å². The summed E-state index contributed by atoms with van der Waals surface area (Å²) in [6.07, 6.45) is 2.86. The molecule has 2 atom stereocenters. The summed E-state index contributed by atoms with van der Waals surface area (Å²) in [4.78, 5) is 48.3. The second kappa shape index (κ2) is 7.90. The van der Waals surface area contributed by atoms with Gasteiger partial charge in [0.15, 0.2) is 0 Å². The third-order valence-electron chi connectivity index (χ3n) is 6.64. The summed E-state index contributed by atoms with van der Waals surface area (Å²) in [6, 6.07) is 10.3. The Morgan fingerprint density at radius 3 is 2.69 bits per heavy atom. The number of hydrogen-bond donors (Lipinski definition) is 2. The Bertz CT molecular complexity index is 1300. The van der Waals surface area contributed by atoms with Crippen molar-refractivity contribution in [2.75, 3.05) is 25.0 Å². The van der Waals surface area contributed by atoms with Crippen molar-refractivity contribution in [3.63, 3.8) is 0 Å². The van der Waals surface area contributed by atoms with Gasteiger partial charge in [0.25, 0.3) is 11.5 Å². The first-order valence-electron chi connectivity index (χ1n) is 10.9. The van der Waals surface area contributed by atoms with Crippen LogP contribution in [0.15, 0.2) is 46.1 Å². The number of likely N-dealkylation sites (tertiary alicyclic amines) is 1. The highest BCUT2D eigenvalue weighted by molar-refractivity contribution is 5.92. The van der Waals surface area contributed by atoms with Gasteiger partial charge in [-0.1, -0.05) is 6.07 Å². The molecule has 1 amide bonds. The molecular formula is C23H26N6O3. The molecule has 2 bridgehead atoms. The van der Waals surface area contributed by atoms with Crippen molar-refractivity contribution < 1.29 is 4.79 Å². The van der Waals surface area contributed by atoms with E-state index in [0.717, 1.165) is 37.3 Å². The second-order valence-corrected chi connectivity index (χ2v) is 8.47. The Hall–Kier alpha value is -3.46. The summed E-state index contributed by atoms with van der Waals surface area (Å²) >= 11 is 0. The fourth-order valence-corrected chi connectivity index (χ4v) is 5.00. The van der Waals surface area contributed by atoms with Crippen molar-refractivity contribution >= 4 is 22.5 Å². The first kappa shape index (κ1) is 20.4. The van der Waals surface area contributed by atoms with Crippen LogP contribution in [0.4, 0.5) is 5.69 Å². The first-order chi connectivity index (χ1) is 15.5. The summed E-state index contributed by atoms with van der Waals surface area (Å²) < 4.78 is 1.21. The molecule has 2 fully saturated rings. The van der Waals surface area contributed by atoms with Crippen molar-refractivity contribution in [3.8, 4) is 0 Å². The van der Waals surface area contributed by atoms with E-state index in [4.69, 9.17) is 0 Å². The number of nitrogens with zero attached hydrogens (tertiary/aromatic N) is 4. The van der Waals surface area contributed by atoms with Gasteiger partial charge in [0.1, 0.15) is 5.69 Å². The third-order valence-corrected chi connectivity index (χ3v) is 6.64. The molecule has 2 aliphatic rings. The number of carbonyl (C=O) groups is 1. The topological polar surface area (TPSA) is 103 Å². The van der Waals surface area contributed by atoms with Crippen LogP contribution in [-0.2, 0) is 13.1 Å². The number of aromatic nitrogens is 3. The molecule has 0 radical (unpaired) electrons. The molecule has 2 saturated heterocycles. The van der Waals surface area contributed by atoms with Crippen LogP contribution in [0.3, 0.4) is 0 Å². The molecule has 166 valence electrons. The molecule has 0 saturated carbocycles. The Kier molecular flexibility index (Phi) is 5.05. The second-order valence-electron chi connectivity index (χ2n) is 8.47. The van der Waals surface area contributed by atoms with E-state index in [2.05, 4.69) is 25.1 Å². The number of amides is 1. The van der Waals surface area contributed by atoms with Crippen LogP contribution >= 0.6 is 0 Å². The highest BCUT2D eigenvalue weighted by atomic mass is 16.2. The molecule has 9 heteroatoms. The van der Waals surface area contributed by atoms with Crippen molar-refractivity contribution in [3.05, 3.63) is 68.6 Å². The molecule has 0 spiro atoms. The molecule has 4 heterocycles. The van der Waals surface area contributed by atoms with E-state index in [1.54, 1.807) is 26.2 Å². The molecule has 32 heavy (non-hydrogen) atoms. The predicted molar refractivity (Wildman–Crippen MR) is 122 cm³/mol. The lowest BCUT2D eigenvalue weighted by Gasteiger charge is -2.35. The maximum Gasteiger partial charge on any atom is 0.328 e. The summed E-state index contributed by atoms with van der Waals surface area (Å²) in [5, 5.41) is 3.13. The lowest BCUT2D eigenvalue weighted by Crippen LogP contribution is -2.46. The Morgan fingerprint density at radius 2 is 2.03 bits per heavy atom. The first-order valence-corrected chi connectivity index (χ1v) is 10.9. The maximum atomic E-state index is 12.5. The van der Waals surface area contributed by atoms with E-state index in [-0.39, 0.29) is 17.2 Å². The lowest BCUT2D eigenvalue weighted by atomic mass is 10.1. The smallest absolute Gasteiger partial charge is 0.328 e. The molecule has 0 aliphatic carbocycles. The Balaban J connectivity index is 1.30. The van der Waals surface area contributed by atoms with Crippen molar-refractivity contribution in [2.45, 2.75) is 38.5 Å². The third kappa shape index (κ3) is 3.38. The van der Waals surface area contributed by atoms with Crippen LogP contribution in [0.5, 0.6) is 0 Å². The minimum atomic E-state index is -0.367. The van der Waals surface area contributed by atoms with Gasteiger partial charge in [0.2, 0.25) is 0 Å². The van der Waals surface area contributed by atoms with Gasteiger partial charge in [-0.3, -0.25) is 19.1 Å². The van der Waals surface area contributed by atoms with Crippen LogP contribution in [0.2, 0.25) is 0 Å². The fourth-order valence-electron chi connectivity index (χ4n) is 5.00. The van der Waals surface area contributed by atoms with Crippen molar-refractivity contribution in [1.29, 1.82) is 0 Å². The number of benzene rings is 1. The van der Waals surface area contributed by atoms with Gasteiger partial charge in [-0.05, 0) is 43.2 Å². The van der Waals surface area contributed by atoms with Gasteiger partial charge in [-0.2, -0.15) is 0 Å². The van der Waals surface area contributed by atoms with Gasteiger partial charge in [0, 0.05) is 45.3 Å². The molecular weight excluding hydrogens is 408 g/mol. The molecule has 2 N–H and O–H groups in total. The normalized spacial score (nSPS) is 20.2. The van der Waals surface area contributed by atoms with Crippen LogP contribution in [0.25, 0.3) is 10.9 Å². The Labute approximate surface area is 184 Å². The number of aromatic amines is 1. The van der Waals surface area contributed by atoms with Gasteiger partial charge in [-0.15, -0.1) is 0 Å². The summed E-state index contributed by atoms with van der Waals surface area (Å²) in [7, 11) is 1.60. The van der Waals surface area contributed by atoms with Gasteiger partial charge >= 0.3 is 5.69 Å². The fraction of sp³-hybridized carbons (Fsp3) is 0.391. The van der Waals surface area contributed by atoms with E-state index < -0.39 is 0 Å². The average Bonchev–Trinajstić information content (AvgIpc) is 3.39. The summed E-state index contributed by atoms with van der Waals surface area (Å²) in [5.41, 5.74) is 2.52. The quantitative estimate of drug-likeness (QED) is 0.619. The molecule has 3 aromatic rings. The van der Waals surface area contributed by atoms with Crippen LogP contribution in [0.1, 0.15) is 29.4 Å². The Morgan fingerprint density at radius 1 is 1.19 bits per heavy atom. The van der Waals surface area contributed by atoms with Crippen LogP contribution in [0, 0.1) is 0 Å². The maximum absolute atomic E-state index is 12.5. The van der Waals surface area contributed by atoms with E-state index in [9.17, 15) is 14.4 Å². The largest absolute Gasteiger partial charge is 0.364 e. The summed E-state index contributed by atoms with van der Waals surface area (Å²) in [6.45, 7) is 4.76. The van der Waals surface area contributed by atoms with E-state index in [1.807, 2.05) is 24.3 Å². The highest BCUT2D eigenvalue weighted by Crippen LogP contribution is 2.35. The van der Waals surface area contributed by atoms with Crippen molar-refractivity contribution in [2.24, 2.45) is 0 Å². The van der Waals surface area contributed by atoms with Crippen LogP contribution in [-0.4, -0.2) is 57.6 Å². The van der Waals surface area contributed by atoms with Gasteiger partial charge < -0.3 is 15.2 Å². The average molecular weight is 435 g/mol. The van der Waals surface area contributed by atoms with Gasteiger partial charge in [-0.25, -0.2) is 9.78 Å². The molecule has 0 unspecified atom stereocenters. The lowest BCUT2D eigenvalue weighted by molar-refractivity contribution is 0.0958. The highest BCUT2D eigenvalue weighted by Gasteiger charge is 2.43. The number of hydrogen-bond acceptors (Lipinski definition) is 6. The minimum absolute atomic E-state index is 0.184. The van der Waals surface area contributed by atoms with Crippen molar-refractivity contribution in [1.82, 2.24) is 24.8 Å². The number of fused-ring (bicyclic) bond motifs is 3. The SMILES string of the molecule is CCn1c(=O)[nH]c2cc(CN3C[C@H]4C[C@@H]3CN4c3ccc(C(=O)NC)nc3)ccc2c1=O. The number of H-pyrrole nitrogens is 1. The zero-order valence-electron chi connectivity index (χ0n) is 18.2. The predicted octanol–water partition coefficient (Wildman–Crippen LogP) is 0.927. The number of rotatable bonds is 5. The number of pyridine rings is 1. The molecule has 2 aromatic heterocycles. The number of anilines is 1. The summed E-state index contributed by atoms with van der Waals surface area (Å²) in [5.74, 6) is -0.184. The standard InChI is InChI=1S/C23H26N6O3/c1-3-28-22(31)18-6-4-14(8-20(18)26-23(28)32)11-27-12-17-9-16(27)13-29(17)15-5-7-19(25-10-15)21(30)24-2/h4-8,10,16-17H,3,9,11-13H2,1-2H3,(H,24,30)(H,26,32)/t16-,17-/m1/s1. The monoisotopic (exact) mass is 434 g/mol. The molecule has 2 aliphatic heterocycles. The van der Waals surface area contributed by atoms with Crippen LogP contribution < -0.4 is 21.5 Å². The van der Waals surface area contributed by atoms with E-state index in [0.29, 0.717) is 35.2 Å². The zero-order chi connectivity index (χ0) is 22.4. The molecule has 1 aromatic carbocycles. The van der Waals surface area contributed by atoms with Gasteiger partial charge in [0.05, 0.1) is 22.8 Å². The zero-order valence-corrected chi connectivity index (χ0v) is 18.2. The number of carbonyl (C=O) groups excluding carboxylic acids is 1.